The summed E-state index contributed by atoms with van der Waals surface area (Å²) in [6, 6.07) is 5.67. The Bertz CT molecular complexity index is 622. The van der Waals surface area contributed by atoms with Gasteiger partial charge < -0.3 is 20.4 Å². The number of benzene rings is 1. The molecule has 100 valence electrons. The molecule has 1 unspecified atom stereocenters. The molecule has 3 N–H and O–H groups in total. The third kappa shape index (κ3) is 1.89. The van der Waals surface area contributed by atoms with Crippen LogP contribution in [0.4, 0.5) is 11.7 Å². The number of anilines is 2. The van der Waals surface area contributed by atoms with E-state index in [4.69, 9.17) is 10.2 Å². The Labute approximate surface area is 110 Å². The van der Waals surface area contributed by atoms with Gasteiger partial charge in [-0.05, 0) is 18.6 Å². The number of nitrogen functional groups attached to an aromatic ring is 1. The largest absolute Gasteiger partial charge is 0.423 e. The number of para-hydroxylation sites is 1. The number of hydrogen-bond acceptors (Lipinski definition) is 5. The van der Waals surface area contributed by atoms with E-state index in [1.165, 1.54) is 0 Å². The van der Waals surface area contributed by atoms with E-state index in [2.05, 4.69) is 10.3 Å². The molecule has 19 heavy (non-hydrogen) atoms. The van der Waals surface area contributed by atoms with Gasteiger partial charge in [0.05, 0.1) is 5.69 Å². The Morgan fingerprint density at radius 3 is 3.16 bits per heavy atom. The molecule has 2 aromatic rings. The predicted octanol–water partition coefficient (Wildman–Crippen LogP) is 1.12. The Kier molecular flexibility index (Phi) is 2.77. The first-order chi connectivity index (χ1) is 9.20. The molecule has 3 rings (SSSR count). The molecule has 1 atom stereocenters. The number of aromatic nitrogens is 1. The van der Waals surface area contributed by atoms with Crippen LogP contribution in [0.15, 0.2) is 22.6 Å². The molecule has 1 aromatic heterocycles. The fourth-order valence-corrected chi connectivity index (χ4v) is 2.43. The van der Waals surface area contributed by atoms with Gasteiger partial charge in [-0.2, -0.15) is 4.98 Å². The van der Waals surface area contributed by atoms with Crippen molar-refractivity contribution in [3.05, 3.63) is 18.2 Å². The molecule has 6 nitrogen and oxygen atoms in total. The third-order valence-corrected chi connectivity index (χ3v) is 3.40. The van der Waals surface area contributed by atoms with Gasteiger partial charge in [-0.1, -0.05) is 13.0 Å². The normalized spacial score (nSPS) is 19.7. The first-order valence-corrected chi connectivity index (χ1v) is 6.40. The number of nitrogens with two attached hydrogens (primary N) is 1. The quantitative estimate of drug-likeness (QED) is 0.791. The van der Waals surface area contributed by atoms with Gasteiger partial charge in [-0.3, -0.25) is 4.79 Å². The Morgan fingerprint density at radius 1 is 1.58 bits per heavy atom. The van der Waals surface area contributed by atoms with Crippen molar-refractivity contribution < 1.29 is 9.21 Å². The molecule has 1 aliphatic rings. The second-order valence-corrected chi connectivity index (χ2v) is 4.60. The molecule has 1 fully saturated rings. The molecule has 1 aromatic carbocycles. The van der Waals surface area contributed by atoms with Crippen LogP contribution in [-0.2, 0) is 4.79 Å². The minimum absolute atomic E-state index is 0.0176. The van der Waals surface area contributed by atoms with Crippen molar-refractivity contribution in [2.75, 3.05) is 23.7 Å². The summed E-state index contributed by atoms with van der Waals surface area (Å²) in [7, 11) is 0. The zero-order chi connectivity index (χ0) is 13.4. The highest BCUT2D eigenvalue weighted by molar-refractivity contribution is 5.88. The highest BCUT2D eigenvalue weighted by atomic mass is 16.4. The number of nitrogens with zero attached hydrogens (tertiary/aromatic N) is 2. The number of hydrogen-bond donors (Lipinski definition) is 2. The lowest BCUT2D eigenvalue weighted by Gasteiger charge is -2.33. The summed E-state index contributed by atoms with van der Waals surface area (Å²) in [6.07, 6.45) is 0.708. The zero-order valence-electron chi connectivity index (χ0n) is 10.7. The lowest BCUT2D eigenvalue weighted by atomic mass is 10.1. The van der Waals surface area contributed by atoms with E-state index >= 15 is 0 Å². The highest BCUT2D eigenvalue weighted by Crippen LogP contribution is 2.28. The summed E-state index contributed by atoms with van der Waals surface area (Å²) < 4.78 is 5.72. The minimum Gasteiger partial charge on any atom is -0.423 e. The summed E-state index contributed by atoms with van der Waals surface area (Å²) in [5.41, 5.74) is 7.76. The van der Waals surface area contributed by atoms with E-state index in [0.717, 1.165) is 0 Å². The maximum atomic E-state index is 11.8. The van der Waals surface area contributed by atoms with Gasteiger partial charge >= 0.3 is 0 Å². The second kappa shape index (κ2) is 4.46. The first kappa shape index (κ1) is 11.8. The van der Waals surface area contributed by atoms with Gasteiger partial charge in [-0.25, -0.2) is 0 Å². The van der Waals surface area contributed by atoms with Crippen molar-refractivity contribution in [1.82, 2.24) is 10.3 Å². The summed E-state index contributed by atoms with van der Waals surface area (Å²) in [5.74, 6) is 0.0176. The van der Waals surface area contributed by atoms with E-state index in [9.17, 15) is 4.79 Å². The Hall–Kier alpha value is -2.24. The maximum Gasteiger partial charge on any atom is 0.299 e. The Morgan fingerprint density at radius 2 is 2.42 bits per heavy atom. The van der Waals surface area contributed by atoms with Crippen LogP contribution < -0.4 is 16.0 Å². The molecule has 1 aliphatic heterocycles. The molecule has 0 bridgehead atoms. The number of piperazine rings is 1. The van der Waals surface area contributed by atoms with Gasteiger partial charge in [0.1, 0.15) is 11.6 Å². The van der Waals surface area contributed by atoms with E-state index in [1.54, 1.807) is 6.07 Å². The summed E-state index contributed by atoms with van der Waals surface area (Å²) in [5, 5.41) is 2.85. The Balaban J connectivity index is 2.03. The van der Waals surface area contributed by atoms with Crippen molar-refractivity contribution in [3.8, 4) is 0 Å². The van der Waals surface area contributed by atoms with Crippen molar-refractivity contribution >= 4 is 28.7 Å². The smallest absolute Gasteiger partial charge is 0.299 e. The maximum absolute atomic E-state index is 11.8. The summed E-state index contributed by atoms with van der Waals surface area (Å²) in [4.78, 5) is 18.2. The summed E-state index contributed by atoms with van der Waals surface area (Å²) in [6.45, 7) is 3.26. The molecular formula is C13H16N4O2. The SMILES string of the molecule is CCC1C(=O)NCCN1c1nc2c(N)cccc2o1. The average Bonchev–Trinajstić information content (AvgIpc) is 2.84. The molecule has 2 heterocycles. The van der Waals surface area contributed by atoms with Gasteiger partial charge in [-0.15, -0.1) is 0 Å². The van der Waals surface area contributed by atoms with Gasteiger partial charge in [0.2, 0.25) is 5.91 Å². The van der Waals surface area contributed by atoms with Crippen LogP contribution >= 0.6 is 0 Å². The zero-order valence-corrected chi connectivity index (χ0v) is 10.7. The standard InChI is InChI=1S/C13H16N4O2/c1-2-9-12(18)15-6-7-17(9)13-16-11-8(14)4-3-5-10(11)19-13/h3-5,9H,2,6-7,14H2,1H3,(H,15,18). The summed E-state index contributed by atoms with van der Waals surface area (Å²) >= 11 is 0. The lowest BCUT2D eigenvalue weighted by Crippen LogP contribution is -2.55. The number of amides is 1. The van der Waals surface area contributed by atoms with E-state index in [0.29, 0.717) is 42.3 Å². The molecular weight excluding hydrogens is 244 g/mol. The van der Waals surface area contributed by atoms with Crippen molar-refractivity contribution in [2.24, 2.45) is 0 Å². The fraction of sp³-hybridized carbons (Fsp3) is 0.385. The molecule has 1 saturated heterocycles. The van der Waals surface area contributed by atoms with Crippen molar-refractivity contribution in [3.63, 3.8) is 0 Å². The molecule has 0 spiro atoms. The molecule has 0 aliphatic carbocycles. The van der Waals surface area contributed by atoms with Crippen LogP contribution in [0.1, 0.15) is 13.3 Å². The van der Waals surface area contributed by atoms with Crippen LogP contribution in [0.5, 0.6) is 0 Å². The number of carbonyl (C=O) groups excluding carboxylic acids is 1. The van der Waals surface area contributed by atoms with Crippen LogP contribution in [0.25, 0.3) is 11.1 Å². The van der Waals surface area contributed by atoms with E-state index in [1.807, 2.05) is 24.0 Å². The predicted molar refractivity (Wildman–Crippen MR) is 72.9 cm³/mol. The van der Waals surface area contributed by atoms with E-state index in [-0.39, 0.29) is 11.9 Å². The fourth-order valence-electron chi connectivity index (χ4n) is 2.43. The minimum atomic E-state index is -0.233. The molecule has 0 radical (unpaired) electrons. The molecule has 1 amide bonds. The van der Waals surface area contributed by atoms with Gasteiger partial charge in [0.25, 0.3) is 6.01 Å². The molecule has 6 heteroatoms. The van der Waals surface area contributed by atoms with Gasteiger partial charge in [0.15, 0.2) is 5.58 Å². The number of oxazole rings is 1. The topological polar surface area (TPSA) is 84.4 Å². The average molecular weight is 260 g/mol. The number of rotatable bonds is 2. The lowest BCUT2D eigenvalue weighted by molar-refractivity contribution is -0.123. The monoisotopic (exact) mass is 260 g/mol. The van der Waals surface area contributed by atoms with E-state index < -0.39 is 0 Å². The second-order valence-electron chi connectivity index (χ2n) is 4.60. The van der Waals surface area contributed by atoms with Crippen LogP contribution in [0, 0.1) is 0 Å². The van der Waals surface area contributed by atoms with Crippen molar-refractivity contribution in [1.29, 1.82) is 0 Å². The third-order valence-electron chi connectivity index (χ3n) is 3.40. The van der Waals surface area contributed by atoms with Crippen molar-refractivity contribution in [2.45, 2.75) is 19.4 Å². The number of nitrogens with one attached hydrogen (secondary N) is 1. The van der Waals surface area contributed by atoms with Crippen LogP contribution in [-0.4, -0.2) is 30.0 Å². The van der Waals surface area contributed by atoms with Gasteiger partial charge in [0, 0.05) is 13.1 Å². The number of fused-ring (bicyclic) bond motifs is 1. The van der Waals surface area contributed by atoms with Crippen LogP contribution in [0.2, 0.25) is 0 Å². The highest BCUT2D eigenvalue weighted by Gasteiger charge is 2.31. The number of carbonyl (C=O) groups is 1. The van der Waals surface area contributed by atoms with Crippen LogP contribution in [0.3, 0.4) is 0 Å². The molecule has 0 saturated carbocycles. The first-order valence-electron chi connectivity index (χ1n) is 6.40.